The Morgan fingerprint density at radius 3 is 2.67 bits per heavy atom. The van der Waals surface area contributed by atoms with Crippen LogP contribution < -0.4 is 5.32 Å². The van der Waals surface area contributed by atoms with E-state index in [1.54, 1.807) is 10.9 Å². The molecule has 108 valence electrons. The van der Waals surface area contributed by atoms with Gasteiger partial charge >= 0.3 is 0 Å². The summed E-state index contributed by atoms with van der Waals surface area (Å²) in [5.74, 6) is 0.910. The van der Waals surface area contributed by atoms with Gasteiger partial charge in [0.15, 0.2) is 4.67 Å². The molecule has 0 aliphatic heterocycles. The van der Waals surface area contributed by atoms with E-state index in [9.17, 15) is 0 Å². The molecule has 0 radical (unpaired) electrons. The molecule has 2 aromatic heterocycles. The molecule has 1 atom stereocenters. The normalized spacial score (nSPS) is 12.5. The number of furan rings is 1. The molecule has 0 fully saturated rings. The van der Waals surface area contributed by atoms with Crippen molar-refractivity contribution in [1.82, 2.24) is 20.3 Å². The van der Waals surface area contributed by atoms with E-state index in [0.29, 0.717) is 6.54 Å². The van der Waals surface area contributed by atoms with Crippen molar-refractivity contribution in [1.29, 1.82) is 0 Å². The number of hydrogen-bond acceptors (Lipinski definition) is 4. The molecule has 1 aromatic carbocycles. The maximum absolute atomic E-state index is 5.47. The third kappa shape index (κ3) is 3.40. The molecular formula is C15H15BrN4O. The molecule has 2 heterocycles. The van der Waals surface area contributed by atoms with Gasteiger partial charge in [0, 0.05) is 6.04 Å². The highest BCUT2D eigenvalue weighted by molar-refractivity contribution is 9.10. The first-order chi connectivity index (χ1) is 10.2. The highest BCUT2D eigenvalue weighted by Crippen LogP contribution is 2.17. The summed E-state index contributed by atoms with van der Waals surface area (Å²) in [7, 11) is 0. The Kier molecular flexibility index (Phi) is 4.17. The lowest BCUT2D eigenvalue weighted by atomic mass is 10.1. The Morgan fingerprint density at radius 1 is 1.24 bits per heavy atom. The zero-order chi connectivity index (χ0) is 14.7. The largest absolute Gasteiger partial charge is 0.453 e. The van der Waals surface area contributed by atoms with E-state index in [4.69, 9.17) is 4.42 Å². The van der Waals surface area contributed by atoms with Gasteiger partial charge in [-0.3, -0.25) is 0 Å². The van der Waals surface area contributed by atoms with Crippen LogP contribution in [-0.4, -0.2) is 15.0 Å². The van der Waals surface area contributed by atoms with E-state index < -0.39 is 0 Å². The van der Waals surface area contributed by atoms with Crippen LogP contribution in [0, 0.1) is 0 Å². The van der Waals surface area contributed by atoms with Crippen LogP contribution in [0.25, 0.3) is 5.69 Å². The van der Waals surface area contributed by atoms with Gasteiger partial charge in [0.25, 0.3) is 0 Å². The lowest BCUT2D eigenvalue weighted by Gasteiger charge is -2.13. The van der Waals surface area contributed by atoms with Crippen LogP contribution in [0.1, 0.15) is 24.3 Å². The molecule has 3 aromatic rings. The zero-order valence-corrected chi connectivity index (χ0v) is 13.1. The lowest BCUT2D eigenvalue weighted by molar-refractivity contribution is 0.447. The van der Waals surface area contributed by atoms with Gasteiger partial charge in [0.05, 0.1) is 24.6 Å². The number of aromatic nitrogens is 3. The van der Waals surface area contributed by atoms with E-state index in [1.165, 1.54) is 5.56 Å². The average molecular weight is 347 g/mol. The van der Waals surface area contributed by atoms with Crippen molar-refractivity contribution in [2.24, 2.45) is 0 Å². The van der Waals surface area contributed by atoms with Gasteiger partial charge in [-0.25, -0.2) is 4.68 Å². The topological polar surface area (TPSA) is 55.9 Å². The summed E-state index contributed by atoms with van der Waals surface area (Å²) < 4.78 is 7.97. The summed E-state index contributed by atoms with van der Waals surface area (Å²) in [4.78, 5) is 0. The molecule has 0 bridgehead atoms. The highest BCUT2D eigenvalue weighted by Gasteiger charge is 2.07. The first kappa shape index (κ1) is 14.0. The maximum Gasteiger partial charge on any atom is 0.169 e. The standard InChI is InChI=1S/C15H15BrN4O/c1-11(17-10-14-6-7-15(16)21-14)12-2-4-13(5-3-12)20-9-8-18-19-20/h2-9,11,17H,10H2,1H3/t11-/m0/s1. The summed E-state index contributed by atoms with van der Waals surface area (Å²) >= 11 is 3.30. The van der Waals surface area contributed by atoms with Crippen LogP contribution in [0.5, 0.6) is 0 Å². The van der Waals surface area contributed by atoms with E-state index in [0.717, 1.165) is 16.1 Å². The van der Waals surface area contributed by atoms with Gasteiger partial charge in [-0.15, -0.1) is 5.10 Å². The monoisotopic (exact) mass is 346 g/mol. The molecule has 3 rings (SSSR count). The summed E-state index contributed by atoms with van der Waals surface area (Å²) in [6.45, 7) is 2.82. The minimum Gasteiger partial charge on any atom is -0.453 e. The third-order valence-electron chi connectivity index (χ3n) is 3.29. The average Bonchev–Trinajstić information content (AvgIpc) is 3.16. The second-order valence-electron chi connectivity index (χ2n) is 4.75. The Balaban J connectivity index is 1.63. The van der Waals surface area contributed by atoms with Crippen molar-refractivity contribution >= 4 is 15.9 Å². The van der Waals surface area contributed by atoms with E-state index in [-0.39, 0.29) is 6.04 Å². The van der Waals surface area contributed by atoms with Gasteiger partial charge in [0.1, 0.15) is 5.76 Å². The SMILES string of the molecule is C[C@H](NCc1ccc(Br)o1)c1ccc(-n2ccnn2)cc1. The molecule has 0 unspecified atom stereocenters. The summed E-state index contributed by atoms with van der Waals surface area (Å²) in [6, 6.07) is 12.3. The fraction of sp³-hybridized carbons (Fsp3) is 0.200. The van der Waals surface area contributed by atoms with E-state index in [1.807, 2.05) is 30.5 Å². The molecule has 1 N–H and O–H groups in total. The number of nitrogens with one attached hydrogen (secondary N) is 1. The number of hydrogen-bond donors (Lipinski definition) is 1. The minimum absolute atomic E-state index is 0.235. The summed E-state index contributed by atoms with van der Waals surface area (Å²) in [6.07, 6.45) is 3.49. The fourth-order valence-electron chi connectivity index (χ4n) is 2.08. The molecule has 0 aliphatic carbocycles. The quantitative estimate of drug-likeness (QED) is 0.768. The van der Waals surface area contributed by atoms with E-state index in [2.05, 4.69) is 50.6 Å². The van der Waals surface area contributed by atoms with Crippen molar-refractivity contribution in [2.45, 2.75) is 19.5 Å². The van der Waals surface area contributed by atoms with Crippen molar-refractivity contribution in [3.63, 3.8) is 0 Å². The predicted octanol–water partition coefficient (Wildman–Crippen LogP) is 3.47. The van der Waals surface area contributed by atoms with Crippen LogP contribution in [0.15, 0.2) is 57.9 Å². The van der Waals surface area contributed by atoms with E-state index >= 15 is 0 Å². The van der Waals surface area contributed by atoms with Gasteiger partial charge in [-0.2, -0.15) is 0 Å². The van der Waals surface area contributed by atoms with Crippen LogP contribution in [0.4, 0.5) is 0 Å². The molecule has 6 heteroatoms. The summed E-state index contributed by atoms with van der Waals surface area (Å²) in [5, 5.41) is 11.2. The second-order valence-corrected chi connectivity index (χ2v) is 5.53. The maximum atomic E-state index is 5.47. The first-order valence-corrected chi connectivity index (χ1v) is 7.46. The number of halogens is 1. The smallest absolute Gasteiger partial charge is 0.169 e. The molecule has 0 amide bonds. The summed E-state index contributed by atoms with van der Waals surface area (Å²) in [5.41, 5.74) is 2.21. The van der Waals surface area contributed by atoms with Gasteiger partial charge in [-0.1, -0.05) is 17.3 Å². The Bertz CT molecular complexity index is 691. The Morgan fingerprint density at radius 2 is 2.05 bits per heavy atom. The number of nitrogens with zero attached hydrogens (tertiary/aromatic N) is 3. The number of rotatable bonds is 5. The van der Waals surface area contributed by atoms with Gasteiger partial charge < -0.3 is 9.73 Å². The fourth-order valence-corrected chi connectivity index (χ4v) is 2.42. The lowest BCUT2D eigenvalue weighted by Crippen LogP contribution is -2.17. The molecule has 0 saturated heterocycles. The van der Waals surface area contributed by atoms with Crippen LogP contribution in [-0.2, 0) is 6.54 Å². The number of benzene rings is 1. The molecule has 0 saturated carbocycles. The van der Waals surface area contributed by atoms with Crippen molar-refractivity contribution < 1.29 is 4.42 Å². The van der Waals surface area contributed by atoms with Crippen LogP contribution in [0.3, 0.4) is 0 Å². The van der Waals surface area contributed by atoms with Crippen LogP contribution in [0.2, 0.25) is 0 Å². The second kappa shape index (κ2) is 6.24. The Hall–Kier alpha value is -1.92. The van der Waals surface area contributed by atoms with Crippen LogP contribution >= 0.6 is 15.9 Å². The Labute approximate surface area is 131 Å². The van der Waals surface area contributed by atoms with Gasteiger partial charge in [0.2, 0.25) is 0 Å². The van der Waals surface area contributed by atoms with Gasteiger partial charge in [-0.05, 0) is 52.7 Å². The predicted molar refractivity (Wildman–Crippen MR) is 83.0 cm³/mol. The zero-order valence-electron chi connectivity index (χ0n) is 11.5. The minimum atomic E-state index is 0.235. The molecule has 0 aliphatic rings. The molecule has 0 spiro atoms. The van der Waals surface area contributed by atoms with Crippen molar-refractivity contribution in [3.05, 3.63) is 64.8 Å². The first-order valence-electron chi connectivity index (χ1n) is 6.66. The molecular weight excluding hydrogens is 332 g/mol. The molecule has 21 heavy (non-hydrogen) atoms. The third-order valence-corrected chi connectivity index (χ3v) is 3.72. The highest BCUT2D eigenvalue weighted by atomic mass is 79.9. The van der Waals surface area contributed by atoms with Crippen molar-refractivity contribution in [2.75, 3.05) is 0 Å². The van der Waals surface area contributed by atoms with Crippen molar-refractivity contribution in [3.8, 4) is 5.69 Å². The molecule has 5 nitrogen and oxygen atoms in total.